The van der Waals surface area contributed by atoms with E-state index in [-0.39, 0.29) is 32.6 Å². The number of rotatable bonds is 34. The van der Waals surface area contributed by atoms with E-state index >= 15 is 0 Å². The third kappa shape index (κ3) is 23.9. The monoisotopic (exact) mass is 1120 g/mol. The highest BCUT2D eigenvalue weighted by molar-refractivity contribution is 8.02. The third-order valence-corrected chi connectivity index (χ3v) is 13.2. The lowest BCUT2D eigenvalue weighted by Crippen LogP contribution is -2.49. The van der Waals surface area contributed by atoms with Gasteiger partial charge in [-0.2, -0.15) is 0 Å². The number of phenols is 3. The van der Waals surface area contributed by atoms with Crippen LogP contribution in [-0.4, -0.2) is 185 Å². The number of carbonyl (C=O) groups is 12. The van der Waals surface area contributed by atoms with E-state index in [1.165, 1.54) is 24.3 Å². The first-order chi connectivity index (χ1) is 35.2. The Bertz CT molecular complexity index is 2430. The lowest BCUT2D eigenvalue weighted by atomic mass is 10.1. The number of phenolic OH excluding ortho intramolecular Hbond substituents is 3. The molecule has 2 rings (SSSR count). The lowest BCUT2D eigenvalue weighted by Gasteiger charge is -2.23. The molecule has 75 heavy (non-hydrogen) atoms. The molecule has 20 N–H and O–H groups in total. The van der Waals surface area contributed by atoms with Crippen LogP contribution in [0.4, 0.5) is 0 Å². The fraction of sp³-hybridized carbons (Fsp3) is 0.429. The molecule has 0 bridgehead atoms. The van der Waals surface area contributed by atoms with Crippen molar-refractivity contribution in [2.24, 2.45) is 17.2 Å². The van der Waals surface area contributed by atoms with E-state index in [4.69, 9.17) is 42.4 Å². The molecular formula is C42H55N9O21S3. The van der Waals surface area contributed by atoms with Crippen LogP contribution in [0.2, 0.25) is 0 Å². The first kappa shape index (κ1) is 63.5. The van der Waals surface area contributed by atoms with E-state index in [1.54, 1.807) is 0 Å². The molecule has 30 nitrogen and oxygen atoms in total. The molecule has 0 saturated carbocycles. The summed E-state index contributed by atoms with van der Waals surface area (Å²) < 4.78 is 5.11. The second kappa shape index (κ2) is 31.9. The summed E-state index contributed by atoms with van der Waals surface area (Å²) in [5.41, 5.74) is 16.5. The Balaban J connectivity index is 2.66. The van der Waals surface area contributed by atoms with Gasteiger partial charge in [-0.05, 0) is 49.6 Å². The topological polar surface area (TPSA) is 526 Å². The van der Waals surface area contributed by atoms with E-state index in [2.05, 4.69) is 31.9 Å². The first-order valence-electron chi connectivity index (χ1n) is 21.8. The summed E-state index contributed by atoms with van der Waals surface area (Å²) in [6.07, 6.45) is -2.77. The van der Waals surface area contributed by atoms with Gasteiger partial charge in [-0.3, -0.25) is 52.7 Å². The molecule has 0 aromatic heterocycles. The predicted molar refractivity (Wildman–Crippen MR) is 260 cm³/mol. The van der Waals surface area contributed by atoms with Crippen molar-refractivity contribution in [2.45, 2.75) is 89.5 Å². The normalized spacial score (nSPS) is 13.2. The molecule has 0 aliphatic heterocycles. The number of benzene rings is 2. The number of aliphatic carboxylic acids is 5. The molecule has 6 unspecified atom stereocenters. The fourth-order valence-electron chi connectivity index (χ4n) is 5.60. The zero-order valence-electron chi connectivity index (χ0n) is 39.2. The number of carboxylic acid groups (broad SMARTS) is 5. The van der Waals surface area contributed by atoms with Crippen molar-refractivity contribution < 1.29 is 103 Å². The Hall–Kier alpha value is -7.59. The van der Waals surface area contributed by atoms with Crippen molar-refractivity contribution in [3.63, 3.8) is 0 Å². The van der Waals surface area contributed by atoms with E-state index in [1.807, 2.05) is 0 Å². The fourth-order valence-corrected chi connectivity index (χ4v) is 9.08. The second-order valence-corrected chi connectivity index (χ2v) is 18.7. The maximum atomic E-state index is 13.5. The molecule has 0 fully saturated rings. The van der Waals surface area contributed by atoms with Crippen molar-refractivity contribution in [3.8, 4) is 23.0 Å². The SMILES string of the molecule is NC(CCC(=O)NC(CSc1cc(O)c(SCC(NC(=O)CCC(N)C(=O)O)C(=O)NCC(=O)O)c(SCC(NC(=O)CCC(N)C(=O)O)C(=O)NCC(=O)O)c1O)C(=O)NCC(=O)Oc1ccc(O)cc1)C(=O)O. The largest absolute Gasteiger partial charge is 0.508 e. The number of thioether (sulfide) groups is 3. The smallest absolute Gasteiger partial charge is 0.330 e. The van der Waals surface area contributed by atoms with Gasteiger partial charge >= 0.3 is 35.8 Å². The van der Waals surface area contributed by atoms with Crippen LogP contribution >= 0.6 is 35.3 Å². The van der Waals surface area contributed by atoms with Crippen LogP contribution in [0.1, 0.15) is 38.5 Å². The van der Waals surface area contributed by atoms with Gasteiger partial charge in [0.15, 0.2) is 0 Å². The maximum absolute atomic E-state index is 13.5. The summed E-state index contributed by atoms with van der Waals surface area (Å²) >= 11 is 1.67. The van der Waals surface area contributed by atoms with Gasteiger partial charge in [-0.15, -0.1) is 35.3 Å². The van der Waals surface area contributed by atoms with Crippen LogP contribution < -0.4 is 53.8 Å². The molecule has 0 aliphatic carbocycles. The zero-order chi connectivity index (χ0) is 56.5. The van der Waals surface area contributed by atoms with E-state index in [0.717, 1.165) is 6.07 Å². The molecule has 0 saturated heterocycles. The average molecular weight is 1120 g/mol. The number of amides is 6. The quantitative estimate of drug-likeness (QED) is 0.0138. The molecule has 6 atom stereocenters. The van der Waals surface area contributed by atoms with Crippen LogP contribution in [0.15, 0.2) is 45.0 Å². The van der Waals surface area contributed by atoms with Gasteiger partial charge in [0.25, 0.3) is 0 Å². The van der Waals surface area contributed by atoms with Crippen molar-refractivity contribution in [1.82, 2.24) is 31.9 Å². The number of nitrogens with two attached hydrogens (primary N) is 3. The minimum atomic E-state index is -1.68. The lowest BCUT2D eigenvalue weighted by molar-refractivity contribution is -0.140. The highest BCUT2D eigenvalue weighted by atomic mass is 32.2. The molecular weight excluding hydrogens is 1060 g/mol. The average Bonchev–Trinajstić information content (AvgIpc) is 3.34. The molecule has 0 heterocycles. The molecule has 6 amide bonds. The third-order valence-electron chi connectivity index (χ3n) is 9.61. The van der Waals surface area contributed by atoms with Gasteiger partial charge in [0.2, 0.25) is 35.4 Å². The summed E-state index contributed by atoms with van der Waals surface area (Å²) in [5.74, 6) is -17.6. The standard InChI is InChI=1S/C42H55N9O21S3/c43-20(40(66)67)5-8-28(54)49-23(39(65)48-14-33(61)72-19-3-1-18(52)2-4-19)15-73-27-11-26(53)35(74-16-24(37(63)46-12-31(57)58)50-29(55)9-6-21(44)41(68)69)36(34(27)62)75-17-25(38(64)47-13-32(59)60)51-30(56)10-7-22(45)42(70)71/h1-4,11,20-25,52-53,62H,5-10,12-17,43-45H2,(H,46,63)(H,47,64)(H,48,65)(H,49,54)(H,50,55)(H,51,56)(H,57,58)(H,59,60)(H,66,67)(H,68,69)(H,70,71). The van der Waals surface area contributed by atoms with Crippen LogP contribution in [0.3, 0.4) is 0 Å². The Morgan fingerprint density at radius 2 is 0.867 bits per heavy atom. The summed E-state index contributed by atoms with van der Waals surface area (Å²) in [7, 11) is 0. The highest BCUT2D eigenvalue weighted by Gasteiger charge is 2.30. The molecule has 33 heteroatoms. The van der Waals surface area contributed by atoms with E-state index in [0.29, 0.717) is 35.3 Å². The van der Waals surface area contributed by atoms with Crippen LogP contribution in [0.5, 0.6) is 23.0 Å². The molecule has 412 valence electrons. The zero-order valence-corrected chi connectivity index (χ0v) is 41.6. The second-order valence-electron chi connectivity index (χ2n) is 15.6. The molecule has 0 radical (unpaired) electrons. The number of hydrogen-bond acceptors (Lipinski definition) is 22. The minimum Gasteiger partial charge on any atom is -0.508 e. The van der Waals surface area contributed by atoms with E-state index < -0.39 is 188 Å². The van der Waals surface area contributed by atoms with Crippen LogP contribution in [0, 0.1) is 0 Å². The molecule has 2 aromatic carbocycles. The number of nitrogens with one attached hydrogen (secondary N) is 6. The van der Waals surface area contributed by atoms with Crippen molar-refractivity contribution in [1.29, 1.82) is 0 Å². The predicted octanol–water partition coefficient (Wildman–Crippen LogP) is -3.77. The van der Waals surface area contributed by atoms with Gasteiger partial charge in [-0.1, -0.05) is 0 Å². The Morgan fingerprint density at radius 3 is 1.24 bits per heavy atom. The number of carbonyl (C=O) groups excluding carboxylic acids is 7. The van der Waals surface area contributed by atoms with Crippen LogP contribution in [-0.2, 0) is 57.5 Å². The van der Waals surface area contributed by atoms with Crippen molar-refractivity contribution in [3.05, 3.63) is 30.3 Å². The number of carboxylic acids is 5. The van der Waals surface area contributed by atoms with Gasteiger partial charge in [0.1, 0.15) is 78.9 Å². The van der Waals surface area contributed by atoms with Crippen LogP contribution in [0.25, 0.3) is 0 Å². The van der Waals surface area contributed by atoms with Crippen molar-refractivity contribution in [2.75, 3.05) is 36.9 Å². The summed E-state index contributed by atoms with van der Waals surface area (Å²) in [6.45, 7) is -2.66. The Morgan fingerprint density at radius 1 is 0.507 bits per heavy atom. The molecule has 0 spiro atoms. The highest BCUT2D eigenvalue weighted by Crippen LogP contribution is 2.48. The summed E-state index contributed by atoms with van der Waals surface area (Å²) in [4.78, 5) is 147. The molecule has 2 aromatic rings. The summed E-state index contributed by atoms with van der Waals surface area (Å²) in [6, 6.07) is -3.50. The van der Waals surface area contributed by atoms with E-state index in [9.17, 15) is 78.0 Å². The number of esters is 1. The Kier molecular flexibility index (Phi) is 27.0. The van der Waals surface area contributed by atoms with Gasteiger partial charge in [0, 0.05) is 36.5 Å². The number of aromatic hydroxyl groups is 3. The maximum Gasteiger partial charge on any atom is 0.330 e. The van der Waals surface area contributed by atoms with Gasteiger partial charge in [-0.25, -0.2) is 4.79 Å². The number of hydrogen-bond donors (Lipinski definition) is 17. The summed E-state index contributed by atoms with van der Waals surface area (Å²) in [5, 5.41) is 92.1. The van der Waals surface area contributed by atoms with Gasteiger partial charge < -0.3 is 94.7 Å². The van der Waals surface area contributed by atoms with Gasteiger partial charge in [0.05, 0.1) is 14.7 Å². The first-order valence-corrected chi connectivity index (χ1v) is 24.7. The minimum absolute atomic E-state index is 0.0113. The number of ether oxygens (including phenoxy) is 1. The Labute approximate surface area is 437 Å². The van der Waals surface area contributed by atoms with Crippen molar-refractivity contribution >= 4 is 107 Å². The molecule has 0 aliphatic rings.